The molecule has 0 bridgehead atoms. The van der Waals surface area contributed by atoms with Crippen LogP contribution < -0.4 is 0 Å². The fraction of sp³-hybridized carbons (Fsp3) is 1.00. The summed E-state index contributed by atoms with van der Waals surface area (Å²) in [4.78, 5) is 2.40. The third-order valence-electron chi connectivity index (χ3n) is 3.84. The summed E-state index contributed by atoms with van der Waals surface area (Å²) in [6.45, 7) is 4.62. The zero-order valence-electron chi connectivity index (χ0n) is 8.03. The molecule has 1 aliphatic carbocycles. The molecule has 1 aliphatic heterocycles. The van der Waals surface area contributed by atoms with E-state index in [0.29, 0.717) is 5.92 Å². The maximum absolute atomic E-state index is 9.70. The minimum atomic E-state index is -0.0218. The molecule has 1 N–H and O–H groups in total. The molecule has 0 spiro atoms. The molecule has 1 saturated heterocycles. The monoisotopic (exact) mass is 169 g/mol. The summed E-state index contributed by atoms with van der Waals surface area (Å²) in [7, 11) is 2.19. The Hall–Kier alpha value is -0.0800. The highest BCUT2D eigenvalue weighted by atomic mass is 16.3. The highest BCUT2D eigenvalue weighted by Crippen LogP contribution is 2.41. The van der Waals surface area contributed by atoms with Crippen LogP contribution in [0.15, 0.2) is 0 Å². The van der Waals surface area contributed by atoms with Gasteiger partial charge in [0.15, 0.2) is 0 Å². The SMILES string of the molecule is C[C@H]1[C@H]2CN(C)CC[C@H]2C[C@H]1O. The van der Waals surface area contributed by atoms with Gasteiger partial charge in [0.2, 0.25) is 0 Å². The average molecular weight is 169 g/mol. The van der Waals surface area contributed by atoms with Gasteiger partial charge in [-0.1, -0.05) is 6.92 Å². The molecule has 0 radical (unpaired) electrons. The molecule has 12 heavy (non-hydrogen) atoms. The first-order valence-electron chi connectivity index (χ1n) is 5.05. The van der Waals surface area contributed by atoms with E-state index < -0.39 is 0 Å². The second-order valence-corrected chi connectivity index (χ2v) is 4.64. The number of hydrogen-bond acceptors (Lipinski definition) is 2. The molecule has 0 unspecified atom stereocenters. The van der Waals surface area contributed by atoms with E-state index in [9.17, 15) is 5.11 Å². The number of likely N-dealkylation sites (tertiary alicyclic amines) is 1. The Morgan fingerprint density at radius 1 is 1.42 bits per heavy atom. The van der Waals surface area contributed by atoms with Gasteiger partial charge >= 0.3 is 0 Å². The maximum Gasteiger partial charge on any atom is 0.0571 e. The Balaban J connectivity index is 2.05. The third kappa shape index (κ3) is 1.27. The third-order valence-corrected chi connectivity index (χ3v) is 3.84. The fourth-order valence-corrected chi connectivity index (χ4v) is 2.90. The van der Waals surface area contributed by atoms with Crippen LogP contribution in [0.25, 0.3) is 0 Å². The van der Waals surface area contributed by atoms with Crippen molar-refractivity contribution in [2.45, 2.75) is 25.9 Å². The predicted molar refractivity (Wildman–Crippen MR) is 48.9 cm³/mol. The van der Waals surface area contributed by atoms with Crippen LogP contribution in [0.1, 0.15) is 19.8 Å². The van der Waals surface area contributed by atoms with Crippen molar-refractivity contribution in [3.8, 4) is 0 Å². The molecule has 0 aromatic rings. The Labute approximate surface area is 74.6 Å². The molecule has 0 aromatic heterocycles. The van der Waals surface area contributed by atoms with E-state index in [1.54, 1.807) is 0 Å². The lowest BCUT2D eigenvalue weighted by Crippen LogP contribution is -2.37. The van der Waals surface area contributed by atoms with Crippen LogP contribution >= 0.6 is 0 Å². The number of nitrogens with zero attached hydrogens (tertiary/aromatic N) is 1. The summed E-state index contributed by atoms with van der Waals surface area (Å²) in [6.07, 6.45) is 2.33. The van der Waals surface area contributed by atoms with E-state index in [0.717, 1.165) is 18.3 Å². The van der Waals surface area contributed by atoms with Crippen LogP contribution in [-0.2, 0) is 0 Å². The van der Waals surface area contributed by atoms with Crippen LogP contribution in [0.2, 0.25) is 0 Å². The van der Waals surface area contributed by atoms with Gasteiger partial charge in [-0.05, 0) is 44.2 Å². The molecular formula is C10H19NO. The van der Waals surface area contributed by atoms with Crippen molar-refractivity contribution in [1.82, 2.24) is 4.90 Å². The van der Waals surface area contributed by atoms with Crippen molar-refractivity contribution in [2.75, 3.05) is 20.1 Å². The number of aliphatic hydroxyl groups excluding tert-OH is 1. The Bertz CT molecular complexity index is 171. The lowest BCUT2D eigenvalue weighted by Gasteiger charge is -2.34. The summed E-state index contributed by atoms with van der Waals surface area (Å²) in [5.41, 5.74) is 0. The Morgan fingerprint density at radius 2 is 2.17 bits per heavy atom. The molecular weight excluding hydrogens is 150 g/mol. The molecule has 2 fully saturated rings. The van der Waals surface area contributed by atoms with Crippen LogP contribution in [0.5, 0.6) is 0 Å². The van der Waals surface area contributed by atoms with E-state index in [1.165, 1.54) is 19.5 Å². The van der Waals surface area contributed by atoms with Crippen molar-refractivity contribution in [2.24, 2.45) is 17.8 Å². The summed E-state index contributed by atoms with van der Waals surface area (Å²) >= 11 is 0. The van der Waals surface area contributed by atoms with E-state index in [4.69, 9.17) is 0 Å². The number of fused-ring (bicyclic) bond motifs is 1. The second-order valence-electron chi connectivity index (χ2n) is 4.64. The minimum absolute atomic E-state index is 0.0218. The van der Waals surface area contributed by atoms with Crippen molar-refractivity contribution < 1.29 is 5.11 Å². The number of aliphatic hydroxyl groups is 1. The number of piperidine rings is 1. The second kappa shape index (κ2) is 3.00. The standard InChI is InChI=1S/C10H19NO/c1-7-9-6-11(2)4-3-8(9)5-10(7)12/h7-10,12H,3-6H2,1-2H3/t7-,8-,9+,10+/m0/s1. The summed E-state index contributed by atoms with van der Waals surface area (Å²) in [5, 5.41) is 9.70. The maximum atomic E-state index is 9.70. The predicted octanol–water partition coefficient (Wildman–Crippen LogP) is 0.955. The molecule has 2 heteroatoms. The van der Waals surface area contributed by atoms with Crippen molar-refractivity contribution in [3.63, 3.8) is 0 Å². The first kappa shape index (κ1) is 8.52. The molecule has 70 valence electrons. The molecule has 1 heterocycles. The molecule has 2 rings (SSSR count). The van der Waals surface area contributed by atoms with Gasteiger partial charge in [-0.25, -0.2) is 0 Å². The first-order valence-corrected chi connectivity index (χ1v) is 5.05. The summed E-state index contributed by atoms with van der Waals surface area (Å²) < 4.78 is 0. The highest BCUT2D eigenvalue weighted by molar-refractivity contribution is 4.92. The Morgan fingerprint density at radius 3 is 2.92 bits per heavy atom. The zero-order chi connectivity index (χ0) is 8.72. The largest absolute Gasteiger partial charge is 0.393 e. The van der Waals surface area contributed by atoms with Gasteiger partial charge in [0.1, 0.15) is 0 Å². The van der Waals surface area contributed by atoms with Crippen LogP contribution in [0.4, 0.5) is 0 Å². The number of rotatable bonds is 0. The average Bonchev–Trinajstić information content (AvgIpc) is 2.31. The van der Waals surface area contributed by atoms with Gasteiger partial charge < -0.3 is 10.0 Å². The minimum Gasteiger partial charge on any atom is -0.393 e. The molecule has 0 amide bonds. The molecule has 2 nitrogen and oxygen atoms in total. The Kier molecular flexibility index (Phi) is 2.13. The van der Waals surface area contributed by atoms with Gasteiger partial charge in [-0.2, -0.15) is 0 Å². The topological polar surface area (TPSA) is 23.5 Å². The molecule has 2 aliphatic rings. The van der Waals surface area contributed by atoms with Gasteiger partial charge in [-0.15, -0.1) is 0 Å². The van der Waals surface area contributed by atoms with E-state index >= 15 is 0 Å². The lowest BCUT2D eigenvalue weighted by atomic mass is 9.85. The van der Waals surface area contributed by atoms with Gasteiger partial charge in [0, 0.05) is 6.54 Å². The van der Waals surface area contributed by atoms with Crippen molar-refractivity contribution in [3.05, 3.63) is 0 Å². The van der Waals surface area contributed by atoms with Crippen molar-refractivity contribution in [1.29, 1.82) is 0 Å². The first-order chi connectivity index (χ1) is 5.68. The summed E-state index contributed by atoms with van der Waals surface area (Å²) in [6, 6.07) is 0. The summed E-state index contributed by atoms with van der Waals surface area (Å²) in [5.74, 6) is 2.10. The van der Waals surface area contributed by atoms with E-state index in [1.807, 2.05) is 0 Å². The van der Waals surface area contributed by atoms with Crippen LogP contribution in [0, 0.1) is 17.8 Å². The molecule has 1 saturated carbocycles. The zero-order valence-corrected chi connectivity index (χ0v) is 8.03. The van der Waals surface area contributed by atoms with Gasteiger partial charge in [0.25, 0.3) is 0 Å². The smallest absolute Gasteiger partial charge is 0.0571 e. The molecule has 0 aromatic carbocycles. The van der Waals surface area contributed by atoms with Gasteiger partial charge in [0.05, 0.1) is 6.10 Å². The number of hydrogen-bond donors (Lipinski definition) is 1. The van der Waals surface area contributed by atoms with Crippen molar-refractivity contribution >= 4 is 0 Å². The van der Waals surface area contributed by atoms with Gasteiger partial charge in [-0.3, -0.25) is 0 Å². The molecule has 4 atom stereocenters. The normalized spacial score (nSPS) is 49.2. The van der Waals surface area contributed by atoms with Crippen LogP contribution in [0.3, 0.4) is 0 Å². The fourth-order valence-electron chi connectivity index (χ4n) is 2.90. The highest BCUT2D eigenvalue weighted by Gasteiger charge is 2.41. The quantitative estimate of drug-likeness (QED) is 0.584. The van der Waals surface area contributed by atoms with E-state index in [2.05, 4.69) is 18.9 Å². The lowest BCUT2D eigenvalue weighted by molar-refractivity contribution is 0.109. The van der Waals surface area contributed by atoms with Crippen LogP contribution in [-0.4, -0.2) is 36.2 Å². The van der Waals surface area contributed by atoms with E-state index in [-0.39, 0.29) is 6.10 Å².